The molecule has 1 fully saturated rings. The van der Waals surface area contributed by atoms with Crippen molar-refractivity contribution in [3.05, 3.63) is 41.7 Å². The molecule has 1 aliphatic rings. The van der Waals surface area contributed by atoms with E-state index >= 15 is 0 Å². The number of hydrogen-bond acceptors (Lipinski definition) is 6. The highest BCUT2D eigenvalue weighted by molar-refractivity contribution is 7.18. The number of phenols is 1. The summed E-state index contributed by atoms with van der Waals surface area (Å²) >= 11 is 1.60. The lowest BCUT2D eigenvalue weighted by Crippen LogP contribution is -1.98. The van der Waals surface area contributed by atoms with Crippen molar-refractivity contribution in [2.24, 2.45) is 0 Å². The van der Waals surface area contributed by atoms with Crippen molar-refractivity contribution >= 4 is 27.6 Å². The molecule has 1 aromatic carbocycles. The number of benzene rings is 1. The largest absolute Gasteiger partial charge is 0.508 e. The maximum Gasteiger partial charge on any atom is 0.183 e. The smallest absolute Gasteiger partial charge is 0.183 e. The van der Waals surface area contributed by atoms with Gasteiger partial charge in [0.2, 0.25) is 0 Å². The number of H-pyrrole nitrogens is 1. The summed E-state index contributed by atoms with van der Waals surface area (Å²) in [5.74, 6) is 1.07. The van der Waals surface area contributed by atoms with Crippen molar-refractivity contribution in [1.29, 1.82) is 0 Å². The summed E-state index contributed by atoms with van der Waals surface area (Å²) in [6.07, 6.45) is 6.10. The van der Waals surface area contributed by atoms with E-state index in [0.29, 0.717) is 17.4 Å². The summed E-state index contributed by atoms with van der Waals surface area (Å²) in [5.41, 5.74) is 5.47. The molecule has 136 valence electrons. The van der Waals surface area contributed by atoms with Crippen LogP contribution in [0.2, 0.25) is 0 Å². The van der Waals surface area contributed by atoms with Crippen LogP contribution in [0.4, 0.5) is 5.13 Å². The van der Waals surface area contributed by atoms with E-state index in [-0.39, 0.29) is 0 Å². The first kappa shape index (κ1) is 16.3. The number of aromatic hydroxyl groups is 1. The van der Waals surface area contributed by atoms with Crippen molar-refractivity contribution in [3.63, 3.8) is 0 Å². The fraction of sp³-hybridized carbons (Fsp3) is 0.250. The predicted octanol–water partition coefficient (Wildman–Crippen LogP) is 4.65. The molecule has 0 saturated heterocycles. The monoisotopic (exact) mass is 377 g/mol. The van der Waals surface area contributed by atoms with Gasteiger partial charge in [0.15, 0.2) is 16.6 Å². The van der Waals surface area contributed by atoms with Gasteiger partial charge in [0.05, 0.1) is 16.6 Å². The fourth-order valence-corrected chi connectivity index (χ4v) is 4.12. The van der Waals surface area contributed by atoms with Crippen molar-refractivity contribution in [2.75, 3.05) is 5.32 Å². The average Bonchev–Trinajstić information content (AvgIpc) is 3.17. The Bertz CT molecular complexity index is 1160. The minimum absolute atomic E-state index is 0.293. The Hall–Kier alpha value is -2.93. The second-order valence-electron chi connectivity index (χ2n) is 7.03. The third-order valence-electron chi connectivity index (χ3n) is 4.91. The van der Waals surface area contributed by atoms with Gasteiger partial charge in [-0.2, -0.15) is 0 Å². The number of thiazole rings is 1. The van der Waals surface area contributed by atoms with Crippen molar-refractivity contribution in [1.82, 2.24) is 19.9 Å². The molecule has 0 aliphatic heterocycles. The lowest BCUT2D eigenvalue weighted by Gasteiger charge is -2.11. The Morgan fingerprint density at radius 1 is 1.19 bits per heavy atom. The molecule has 4 aromatic rings. The van der Waals surface area contributed by atoms with E-state index in [2.05, 4.69) is 25.3 Å². The molecule has 0 unspecified atom stereocenters. The van der Waals surface area contributed by atoms with Gasteiger partial charge < -0.3 is 15.4 Å². The minimum Gasteiger partial charge on any atom is -0.508 e. The number of aromatic nitrogens is 4. The molecule has 7 heteroatoms. The molecule has 3 heterocycles. The topological polar surface area (TPSA) is 86.7 Å². The summed E-state index contributed by atoms with van der Waals surface area (Å²) in [5, 5.41) is 14.4. The normalized spacial score (nSPS) is 14.0. The van der Waals surface area contributed by atoms with Crippen LogP contribution in [0.1, 0.15) is 24.0 Å². The first-order valence-corrected chi connectivity index (χ1v) is 9.78. The van der Waals surface area contributed by atoms with Crippen LogP contribution in [0.5, 0.6) is 5.75 Å². The Kier molecular flexibility index (Phi) is 3.65. The van der Waals surface area contributed by atoms with Gasteiger partial charge in [0.25, 0.3) is 0 Å². The van der Waals surface area contributed by atoms with Crippen LogP contribution in [0, 0.1) is 13.8 Å². The summed E-state index contributed by atoms with van der Waals surface area (Å²) in [4.78, 5) is 17.9. The minimum atomic E-state index is 0.293. The van der Waals surface area contributed by atoms with E-state index in [4.69, 9.17) is 0 Å². The van der Waals surface area contributed by atoms with E-state index < -0.39 is 0 Å². The number of nitrogens with one attached hydrogen (secondary N) is 2. The van der Waals surface area contributed by atoms with Crippen LogP contribution in [0.25, 0.3) is 33.0 Å². The second-order valence-corrected chi connectivity index (χ2v) is 8.06. The van der Waals surface area contributed by atoms with Crippen molar-refractivity contribution in [3.8, 4) is 27.6 Å². The number of pyridine rings is 1. The summed E-state index contributed by atoms with van der Waals surface area (Å²) in [6.45, 7) is 3.96. The zero-order valence-corrected chi connectivity index (χ0v) is 15.9. The number of anilines is 1. The molecule has 3 N–H and O–H groups in total. The highest BCUT2D eigenvalue weighted by atomic mass is 32.1. The number of fused-ring (bicyclic) bond motifs is 1. The predicted molar refractivity (Wildman–Crippen MR) is 108 cm³/mol. The quantitative estimate of drug-likeness (QED) is 0.482. The van der Waals surface area contributed by atoms with Crippen molar-refractivity contribution in [2.45, 2.75) is 32.7 Å². The molecule has 1 aliphatic carbocycles. The number of aromatic amines is 1. The van der Waals surface area contributed by atoms with E-state index in [1.165, 1.54) is 12.8 Å². The zero-order chi connectivity index (χ0) is 18.5. The molecule has 1 saturated carbocycles. The van der Waals surface area contributed by atoms with E-state index in [1.54, 1.807) is 17.4 Å². The van der Waals surface area contributed by atoms with E-state index in [0.717, 1.165) is 43.6 Å². The standard InChI is InChI=1S/C20H19N5OS/c1-10-3-6-15(26)11(2)17(10)12-7-14-18(21-8-12)25-19(24-14)16-9-22-20(27-16)23-13-4-5-13/h3,6-9,13,26H,4-5H2,1-2H3,(H,22,23)(H,21,24,25). The zero-order valence-electron chi connectivity index (χ0n) is 15.1. The second kappa shape index (κ2) is 6.06. The molecular weight excluding hydrogens is 358 g/mol. The lowest BCUT2D eigenvalue weighted by atomic mass is 9.96. The van der Waals surface area contributed by atoms with Crippen LogP contribution in [0.15, 0.2) is 30.6 Å². The summed E-state index contributed by atoms with van der Waals surface area (Å²) < 4.78 is 0. The van der Waals surface area contributed by atoms with Crippen LogP contribution >= 0.6 is 11.3 Å². The highest BCUT2D eigenvalue weighted by Gasteiger charge is 2.22. The summed E-state index contributed by atoms with van der Waals surface area (Å²) in [6, 6.07) is 6.27. The van der Waals surface area contributed by atoms with Gasteiger partial charge in [-0.3, -0.25) is 0 Å². The van der Waals surface area contributed by atoms with Crippen molar-refractivity contribution < 1.29 is 5.11 Å². The van der Waals surface area contributed by atoms with Gasteiger partial charge in [-0.25, -0.2) is 15.0 Å². The summed E-state index contributed by atoms with van der Waals surface area (Å²) in [7, 11) is 0. The van der Waals surface area contributed by atoms with Crippen LogP contribution in [-0.2, 0) is 0 Å². The molecule has 0 atom stereocenters. The first-order valence-electron chi connectivity index (χ1n) is 8.96. The third kappa shape index (κ3) is 2.94. The molecule has 3 aromatic heterocycles. The average molecular weight is 377 g/mol. The lowest BCUT2D eigenvalue weighted by molar-refractivity contribution is 0.471. The molecule has 0 radical (unpaired) electrons. The van der Waals surface area contributed by atoms with Crippen LogP contribution < -0.4 is 5.32 Å². The van der Waals surface area contributed by atoms with Gasteiger partial charge in [0.1, 0.15) is 5.75 Å². The number of rotatable bonds is 4. The maximum absolute atomic E-state index is 10.1. The highest BCUT2D eigenvalue weighted by Crippen LogP contribution is 2.35. The molecule has 0 spiro atoms. The molecule has 6 nitrogen and oxygen atoms in total. The van der Waals surface area contributed by atoms with Gasteiger partial charge in [-0.15, -0.1) is 0 Å². The van der Waals surface area contributed by atoms with Crippen LogP contribution in [0.3, 0.4) is 0 Å². The van der Waals surface area contributed by atoms with E-state index in [1.807, 2.05) is 38.4 Å². The first-order chi connectivity index (χ1) is 13.1. The SMILES string of the molecule is Cc1ccc(O)c(C)c1-c1cnc2nc(-c3cnc(NC4CC4)s3)[nH]c2c1. The Labute approximate surface area is 160 Å². The number of hydrogen-bond donors (Lipinski definition) is 3. The van der Waals surface area contributed by atoms with Crippen LogP contribution in [-0.4, -0.2) is 31.1 Å². The number of imidazole rings is 1. The Morgan fingerprint density at radius 3 is 2.85 bits per heavy atom. The third-order valence-corrected chi connectivity index (χ3v) is 5.85. The molecule has 27 heavy (non-hydrogen) atoms. The molecule has 5 rings (SSSR count). The van der Waals surface area contributed by atoms with E-state index in [9.17, 15) is 5.11 Å². The van der Waals surface area contributed by atoms with Gasteiger partial charge in [0, 0.05) is 17.8 Å². The number of aryl methyl sites for hydroxylation is 1. The van der Waals surface area contributed by atoms with Gasteiger partial charge in [-0.1, -0.05) is 17.4 Å². The number of phenolic OH excluding ortho intramolecular Hbond substituents is 1. The maximum atomic E-state index is 10.1. The fourth-order valence-electron chi connectivity index (χ4n) is 3.29. The Balaban J connectivity index is 1.53. The molecular formula is C20H19N5OS. The Morgan fingerprint density at radius 2 is 2.04 bits per heavy atom. The number of nitrogens with zero attached hydrogens (tertiary/aromatic N) is 3. The van der Waals surface area contributed by atoms with Gasteiger partial charge in [-0.05, 0) is 55.5 Å². The molecule has 0 amide bonds. The molecule has 0 bridgehead atoms. The van der Waals surface area contributed by atoms with Gasteiger partial charge >= 0.3 is 0 Å².